The number of fused-ring (bicyclic) bond motifs is 1. The van der Waals surface area contributed by atoms with Crippen LogP contribution in [0.15, 0.2) is 6.20 Å². The Bertz CT molecular complexity index is 502. The van der Waals surface area contributed by atoms with Crippen molar-refractivity contribution < 1.29 is 14.3 Å². The van der Waals surface area contributed by atoms with Gasteiger partial charge in [0.05, 0.1) is 24.5 Å². The highest BCUT2D eigenvalue weighted by molar-refractivity contribution is 5.95. The minimum Gasteiger partial charge on any atom is -0.384 e. The van der Waals surface area contributed by atoms with E-state index in [0.29, 0.717) is 18.1 Å². The molecule has 1 aromatic heterocycles. The van der Waals surface area contributed by atoms with Gasteiger partial charge in [-0.1, -0.05) is 13.3 Å². The van der Waals surface area contributed by atoms with Crippen LogP contribution in [0.1, 0.15) is 35.8 Å². The highest BCUT2D eigenvalue weighted by atomic mass is 16.5. The number of rotatable bonds is 6. The molecule has 0 unspecified atom stereocenters. The van der Waals surface area contributed by atoms with E-state index in [1.807, 2.05) is 0 Å². The molecule has 6 nitrogen and oxygen atoms in total. The van der Waals surface area contributed by atoms with E-state index in [4.69, 9.17) is 9.47 Å². The fourth-order valence-corrected chi connectivity index (χ4v) is 3.61. The lowest BCUT2D eigenvalue weighted by molar-refractivity contribution is -0.0809. The summed E-state index contributed by atoms with van der Waals surface area (Å²) in [6.07, 6.45) is 4.70. The van der Waals surface area contributed by atoms with Crippen LogP contribution < -0.4 is 5.32 Å². The van der Waals surface area contributed by atoms with E-state index in [-0.39, 0.29) is 24.0 Å². The Morgan fingerprint density at radius 1 is 1.62 bits per heavy atom. The molecule has 1 amide bonds. The molecular formula is C15H23N3O3. The summed E-state index contributed by atoms with van der Waals surface area (Å²) in [7, 11) is 1.69. The Hall–Kier alpha value is -1.40. The summed E-state index contributed by atoms with van der Waals surface area (Å²) in [5.74, 6) is 0.646. The molecule has 0 aromatic carbocycles. The van der Waals surface area contributed by atoms with Crippen LogP contribution in [0.25, 0.3) is 0 Å². The van der Waals surface area contributed by atoms with Gasteiger partial charge < -0.3 is 14.8 Å². The van der Waals surface area contributed by atoms with Crippen LogP contribution in [0, 0.1) is 11.8 Å². The predicted molar refractivity (Wildman–Crippen MR) is 77.0 cm³/mol. The van der Waals surface area contributed by atoms with Crippen LogP contribution in [-0.2, 0) is 15.9 Å². The summed E-state index contributed by atoms with van der Waals surface area (Å²) in [4.78, 5) is 12.5. The maximum absolute atomic E-state index is 12.5. The number of aromatic nitrogens is 2. The first-order valence-electron chi connectivity index (χ1n) is 7.70. The number of nitrogens with zero attached hydrogens (tertiary/aromatic N) is 1. The third-order valence-electron chi connectivity index (χ3n) is 4.65. The maximum Gasteiger partial charge on any atom is 0.254 e. The molecule has 21 heavy (non-hydrogen) atoms. The van der Waals surface area contributed by atoms with E-state index in [2.05, 4.69) is 22.4 Å². The van der Waals surface area contributed by atoms with Crippen LogP contribution in [0.2, 0.25) is 0 Å². The maximum atomic E-state index is 12.5. The molecule has 0 spiro atoms. The Kier molecular flexibility index (Phi) is 4.26. The fourth-order valence-electron chi connectivity index (χ4n) is 3.61. The molecule has 1 aromatic rings. The number of aryl methyl sites for hydroxylation is 1. The third-order valence-corrected chi connectivity index (χ3v) is 4.65. The van der Waals surface area contributed by atoms with Crippen molar-refractivity contribution in [2.75, 3.05) is 20.3 Å². The van der Waals surface area contributed by atoms with Crippen molar-refractivity contribution >= 4 is 5.91 Å². The number of ether oxygens (including phenoxy) is 2. The van der Waals surface area contributed by atoms with E-state index in [1.165, 1.54) is 0 Å². The molecule has 0 bridgehead atoms. The zero-order valence-electron chi connectivity index (χ0n) is 12.6. The van der Waals surface area contributed by atoms with Gasteiger partial charge in [0.1, 0.15) is 0 Å². The zero-order chi connectivity index (χ0) is 14.8. The van der Waals surface area contributed by atoms with Gasteiger partial charge in [0.25, 0.3) is 5.91 Å². The number of amides is 1. The summed E-state index contributed by atoms with van der Waals surface area (Å²) >= 11 is 0. The molecule has 116 valence electrons. The molecule has 1 saturated carbocycles. The number of methoxy groups -OCH3 is 1. The number of hydrogen-bond donors (Lipinski definition) is 2. The first-order chi connectivity index (χ1) is 10.3. The highest BCUT2D eigenvalue weighted by Gasteiger charge is 2.54. The second-order valence-electron chi connectivity index (χ2n) is 5.92. The van der Waals surface area contributed by atoms with Crippen molar-refractivity contribution in [1.82, 2.24) is 15.5 Å². The van der Waals surface area contributed by atoms with Gasteiger partial charge in [-0.2, -0.15) is 5.10 Å². The number of H-pyrrole nitrogens is 1. The predicted octanol–water partition coefficient (Wildman–Crippen LogP) is 1.14. The smallest absolute Gasteiger partial charge is 0.254 e. The fraction of sp³-hybridized carbons (Fsp3) is 0.733. The van der Waals surface area contributed by atoms with E-state index in [0.717, 1.165) is 31.6 Å². The lowest BCUT2D eigenvalue weighted by atomic mass is 9.67. The Morgan fingerprint density at radius 2 is 2.48 bits per heavy atom. The highest BCUT2D eigenvalue weighted by Crippen LogP contribution is 2.43. The van der Waals surface area contributed by atoms with Gasteiger partial charge in [-0.25, -0.2) is 0 Å². The largest absolute Gasteiger partial charge is 0.384 e. The number of aromatic amines is 1. The minimum absolute atomic E-state index is 0.0383. The summed E-state index contributed by atoms with van der Waals surface area (Å²) in [5.41, 5.74) is 1.58. The SMILES string of the molecule is CCCc1[nH]ncc1C(=O)N[C@@H]1[C@@H](COC)[C@H]2OCC[C@@H]12. The summed E-state index contributed by atoms with van der Waals surface area (Å²) in [5, 5.41) is 10.1. The summed E-state index contributed by atoms with van der Waals surface area (Å²) in [6.45, 7) is 3.50. The normalized spacial score (nSPS) is 30.8. The number of hydrogen-bond acceptors (Lipinski definition) is 4. The van der Waals surface area contributed by atoms with Gasteiger partial charge >= 0.3 is 0 Å². The lowest BCUT2D eigenvalue weighted by Gasteiger charge is -2.47. The van der Waals surface area contributed by atoms with Crippen LogP contribution in [0.5, 0.6) is 0 Å². The number of nitrogens with one attached hydrogen (secondary N) is 2. The van der Waals surface area contributed by atoms with Crippen LogP contribution >= 0.6 is 0 Å². The van der Waals surface area contributed by atoms with Gasteiger partial charge in [-0.15, -0.1) is 0 Å². The molecule has 3 rings (SSSR count). The molecule has 1 aliphatic heterocycles. The molecule has 4 atom stereocenters. The number of carbonyl (C=O) groups excluding carboxylic acids is 1. The number of carbonyl (C=O) groups is 1. The Labute approximate surface area is 124 Å². The molecule has 6 heteroatoms. The molecule has 2 heterocycles. The van der Waals surface area contributed by atoms with Crippen LogP contribution in [0.3, 0.4) is 0 Å². The average molecular weight is 293 g/mol. The van der Waals surface area contributed by atoms with Crippen LogP contribution in [0.4, 0.5) is 0 Å². The van der Waals surface area contributed by atoms with Crippen molar-refractivity contribution in [3.05, 3.63) is 17.5 Å². The van der Waals surface area contributed by atoms with E-state index >= 15 is 0 Å². The van der Waals surface area contributed by atoms with Crippen molar-refractivity contribution in [3.63, 3.8) is 0 Å². The van der Waals surface area contributed by atoms with Crippen molar-refractivity contribution in [2.24, 2.45) is 11.8 Å². The molecule has 1 aliphatic carbocycles. The first-order valence-corrected chi connectivity index (χ1v) is 7.70. The Morgan fingerprint density at radius 3 is 3.24 bits per heavy atom. The quantitative estimate of drug-likeness (QED) is 0.824. The second-order valence-corrected chi connectivity index (χ2v) is 5.92. The van der Waals surface area contributed by atoms with Gasteiger partial charge in [-0.3, -0.25) is 9.89 Å². The average Bonchev–Trinajstić information content (AvgIpc) is 3.09. The first kappa shape index (κ1) is 14.5. The summed E-state index contributed by atoms with van der Waals surface area (Å²) < 4.78 is 11.0. The van der Waals surface area contributed by atoms with Gasteiger partial charge in [0, 0.05) is 37.3 Å². The monoisotopic (exact) mass is 293 g/mol. The van der Waals surface area contributed by atoms with Crippen LogP contribution in [-0.4, -0.2) is 48.6 Å². The van der Waals surface area contributed by atoms with Gasteiger partial charge in [0.15, 0.2) is 0 Å². The molecular weight excluding hydrogens is 270 g/mol. The third kappa shape index (κ3) is 2.58. The second kappa shape index (κ2) is 6.15. The topological polar surface area (TPSA) is 76.2 Å². The van der Waals surface area contributed by atoms with E-state index < -0.39 is 0 Å². The molecule has 0 radical (unpaired) electrons. The van der Waals surface area contributed by atoms with Crippen molar-refractivity contribution in [2.45, 2.75) is 38.3 Å². The molecule has 2 fully saturated rings. The Balaban J connectivity index is 1.67. The molecule has 2 N–H and O–H groups in total. The van der Waals surface area contributed by atoms with Crippen molar-refractivity contribution in [1.29, 1.82) is 0 Å². The lowest BCUT2D eigenvalue weighted by Crippen LogP contribution is -2.62. The summed E-state index contributed by atoms with van der Waals surface area (Å²) in [6, 6.07) is 0.148. The molecule has 1 saturated heterocycles. The van der Waals surface area contributed by atoms with E-state index in [1.54, 1.807) is 13.3 Å². The van der Waals surface area contributed by atoms with Gasteiger partial charge in [-0.05, 0) is 12.8 Å². The van der Waals surface area contributed by atoms with E-state index in [9.17, 15) is 4.79 Å². The molecule has 2 aliphatic rings. The zero-order valence-corrected chi connectivity index (χ0v) is 12.6. The van der Waals surface area contributed by atoms with Crippen molar-refractivity contribution in [3.8, 4) is 0 Å². The van der Waals surface area contributed by atoms with Gasteiger partial charge in [0.2, 0.25) is 0 Å². The minimum atomic E-state index is -0.0383. The standard InChI is InChI=1S/C15H23N3O3/c1-3-4-12-10(7-16-18-12)15(19)17-13-9-5-6-21-14(9)11(13)8-20-2/h7,9,11,13-14H,3-6,8H2,1-2H3,(H,16,18)(H,17,19)/t9-,11+,13-,14-/m0/s1.